The largest absolute Gasteiger partial charge is 0.309 e. The molecule has 0 aliphatic carbocycles. The van der Waals surface area contributed by atoms with E-state index in [2.05, 4.69) is 60.7 Å². The molecule has 2 aromatic heterocycles. The van der Waals surface area contributed by atoms with E-state index in [1.165, 1.54) is 0 Å². The van der Waals surface area contributed by atoms with Gasteiger partial charge in [-0.15, -0.1) is 0 Å². The molecule has 0 unspecified atom stereocenters. The maximum absolute atomic E-state index is 9.12. The fourth-order valence-electron chi connectivity index (χ4n) is 7.31. The van der Waals surface area contributed by atoms with Crippen LogP contribution in [0.2, 0.25) is 0 Å². The molecule has 0 amide bonds. The van der Waals surface area contributed by atoms with E-state index in [9.17, 15) is 0 Å². The molecule has 0 radical (unpaired) electrons. The zero-order chi connectivity index (χ0) is 40.0. The number of nitrogens with zero attached hydrogens (tertiary/aromatic N) is 4. The molecule has 8 aromatic carbocycles. The molecule has 10 rings (SSSR count). The average Bonchev–Trinajstić information content (AvgIpc) is 3.66. The number of para-hydroxylation sites is 1. The van der Waals surface area contributed by atoms with Crippen LogP contribution in [-0.2, 0) is 0 Å². The van der Waals surface area contributed by atoms with Gasteiger partial charge < -0.3 is 4.57 Å². The third-order valence-electron chi connectivity index (χ3n) is 10.0. The molecule has 55 heavy (non-hydrogen) atoms. The highest BCUT2D eigenvalue weighted by atomic mass is 15.0. The Morgan fingerprint density at radius 1 is 0.345 bits per heavy atom. The Morgan fingerprint density at radius 3 is 1.40 bits per heavy atom. The second kappa shape index (κ2) is 13.8. The van der Waals surface area contributed by atoms with Crippen molar-refractivity contribution in [2.24, 2.45) is 0 Å². The van der Waals surface area contributed by atoms with Crippen LogP contribution in [-0.4, -0.2) is 19.5 Å². The van der Waals surface area contributed by atoms with Crippen LogP contribution in [0, 0.1) is 0 Å². The molecule has 2 heterocycles. The van der Waals surface area contributed by atoms with Crippen molar-refractivity contribution >= 4 is 21.8 Å². The van der Waals surface area contributed by atoms with Crippen molar-refractivity contribution in [1.82, 2.24) is 19.5 Å². The van der Waals surface area contributed by atoms with Crippen LogP contribution in [0.15, 0.2) is 206 Å². The van der Waals surface area contributed by atoms with E-state index in [1.54, 1.807) is 0 Å². The third kappa shape index (κ3) is 6.06. The minimum Gasteiger partial charge on any atom is -0.309 e. The number of rotatable bonds is 7. The molecule has 4 nitrogen and oxygen atoms in total. The van der Waals surface area contributed by atoms with E-state index in [0.717, 1.165) is 66.7 Å². The van der Waals surface area contributed by atoms with Crippen molar-refractivity contribution in [3.05, 3.63) is 206 Å². The van der Waals surface area contributed by atoms with Crippen LogP contribution in [0.1, 0.15) is 5.48 Å². The molecule has 0 aliphatic rings. The van der Waals surface area contributed by atoms with Crippen LogP contribution in [0.3, 0.4) is 0 Å². The Labute approximate surface area is 325 Å². The lowest BCUT2D eigenvalue weighted by Crippen LogP contribution is -2.00. The minimum absolute atomic E-state index is 0.0715. The highest BCUT2D eigenvalue weighted by Gasteiger charge is 2.17. The lowest BCUT2D eigenvalue weighted by molar-refractivity contribution is 1.07. The van der Waals surface area contributed by atoms with E-state index >= 15 is 0 Å². The molecule has 0 aliphatic heterocycles. The number of hydrogen-bond donors (Lipinski definition) is 0. The van der Waals surface area contributed by atoms with Crippen LogP contribution < -0.4 is 0 Å². The lowest BCUT2D eigenvalue weighted by atomic mass is 9.94. The number of aromatic nitrogens is 4. The summed E-state index contributed by atoms with van der Waals surface area (Å²) in [6.07, 6.45) is 0. The summed E-state index contributed by atoms with van der Waals surface area (Å²) >= 11 is 0. The molecule has 0 saturated carbocycles. The summed E-state index contributed by atoms with van der Waals surface area (Å²) in [5, 5.41) is 1.21. The fourth-order valence-corrected chi connectivity index (χ4v) is 7.31. The van der Waals surface area contributed by atoms with Gasteiger partial charge in [0, 0.05) is 33.2 Å². The zero-order valence-electron chi connectivity index (χ0n) is 33.6. The van der Waals surface area contributed by atoms with Crippen LogP contribution >= 0.6 is 0 Å². The van der Waals surface area contributed by atoms with Gasteiger partial charge in [0.2, 0.25) is 0 Å². The van der Waals surface area contributed by atoms with Gasteiger partial charge >= 0.3 is 0 Å². The normalized spacial score (nSPS) is 12.3. The summed E-state index contributed by atoms with van der Waals surface area (Å²) in [7, 11) is 0. The van der Waals surface area contributed by atoms with E-state index in [1.807, 2.05) is 126 Å². The Hall–Kier alpha value is -7.43. The summed E-state index contributed by atoms with van der Waals surface area (Å²) < 4.78 is 37.4. The summed E-state index contributed by atoms with van der Waals surface area (Å²) in [5.41, 5.74) is 10.8. The van der Waals surface area contributed by atoms with Gasteiger partial charge in [-0.1, -0.05) is 164 Å². The molecule has 4 heteroatoms. The van der Waals surface area contributed by atoms with Gasteiger partial charge in [-0.25, -0.2) is 15.0 Å². The zero-order valence-corrected chi connectivity index (χ0v) is 29.6. The third-order valence-corrected chi connectivity index (χ3v) is 10.0. The van der Waals surface area contributed by atoms with Crippen molar-refractivity contribution in [3.63, 3.8) is 0 Å². The molecule has 0 spiro atoms. The average molecular weight is 707 g/mol. The van der Waals surface area contributed by atoms with Gasteiger partial charge in [-0.05, 0) is 75.8 Å². The maximum atomic E-state index is 9.12. The summed E-state index contributed by atoms with van der Waals surface area (Å²) in [6.45, 7) is 0. The predicted octanol–water partition coefficient (Wildman–Crippen LogP) is 13.0. The first-order valence-corrected chi connectivity index (χ1v) is 18.2. The molecule has 258 valence electrons. The van der Waals surface area contributed by atoms with Crippen LogP contribution in [0.5, 0.6) is 0 Å². The van der Waals surface area contributed by atoms with Crippen LogP contribution in [0.25, 0.3) is 95.0 Å². The van der Waals surface area contributed by atoms with Crippen molar-refractivity contribution < 1.29 is 5.48 Å². The topological polar surface area (TPSA) is 43.6 Å². The van der Waals surface area contributed by atoms with E-state index in [-0.39, 0.29) is 24.2 Å². The van der Waals surface area contributed by atoms with Gasteiger partial charge in [0.15, 0.2) is 17.5 Å². The predicted molar refractivity (Wildman–Crippen MR) is 227 cm³/mol. The summed E-state index contributed by atoms with van der Waals surface area (Å²) in [4.78, 5) is 14.8. The SMILES string of the molecule is [2H]c1c([2H])c([2H])c2c(c1[2H])c1cc(-c3ccccc3-c3ccccc3)ccc1n2-c1ccc(-c2nc(-c3ccccc3)nc(-c3ccc(-c4ccccc4)cc3)n2)cc1. The first-order valence-electron chi connectivity index (χ1n) is 20.2. The van der Waals surface area contributed by atoms with Crippen molar-refractivity contribution in [1.29, 1.82) is 0 Å². The molecular weight excluding hydrogens is 669 g/mol. The second-order valence-corrected chi connectivity index (χ2v) is 13.4. The molecule has 0 saturated heterocycles. The van der Waals surface area contributed by atoms with Gasteiger partial charge in [0.25, 0.3) is 0 Å². The van der Waals surface area contributed by atoms with Crippen molar-refractivity contribution in [2.45, 2.75) is 0 Å². The first-order chi connectivity index (χ1) is 28.9. The lowest BCUT2D eigenvalue weighted by Gasteiger charge is -2.12. The highest BCUT2D eigenvalue weighted by molar-refractivity contribution is 6.10. The molecule has 0 atom stereocenters. The molecule has 0 N–H and O–H groups in total. The standard InChI is InChI=1S/C51H34N4/c1-4-14-35(15-5-1)36-24-26-39(27-25-36)50-52-49(38-18-8-3-9-19-38)53-51(54-50)40-28-31-42(32-29-40)55-47-23-13-12-22-45(47)46-34-41(30-33-48(46)55)44-21-11-10-20-43(44)37-16-6-2-7-17-37/h1-34H/i12D,13D,22D,23D. The van der Waals surface area contributed by atoms with E-state index in [0.29, 0.717) is 28.4 Å². The van der Waals surface area contributed by atoms with Crippen molar-refractivity contribution in [2.75, 3.05) is 0 Å². The Balaban J connectivity index is 1.10. The smallest absolute Gasteiger partial charge is 0.164 e. The molecule has 0 fully saturated rings. The Bertz CT molecular complexity index is 3170. The number of benzene rings is 8. The summed E-state index contributed by atoms with van der Waals surface area (Å²) in [6, 6.07) is 60.1. The van der Waals surface area contributed by atoms with Gasteiger partial charge in [0.05, 0.1) is 16.5 Å². The molecule has 0 bridgehead atoms. The minimum atomic E-state index is -0.277. The highest BCUT2D eigenvalue weighted by Crippen LogP contribution is 2.38. The fraction of sp³-hybridized carbons (Fsp3) is 0. The quantitative estimate of drug-likeness (QED) is 0.166. The molecule has 10 aromatic rings. The monoisotopic (exact) mass is 706 g/mol. The van der Waals surface area contributed by atoms with Crippen LogP contribution in [0.4, 0.5) is 0 Å². The summed E-state index contributed by atoms with van der Waals surface area (Å²) in [5.74, 6) is 1.63. The van der Waals surface area contributed by atoms with Crippen molar-refractivity contribution in [3.8, 4) is 73.2 Å². The molecular formula is C51H34N4. The second-order valence-electron chi connectivity index (χ2n) is 13.4. The Kier molecular flexibility index (Phi) is 7.08. The van der Waals surface area contributed by atoms with Gasteiger partial charge in [0.1, 0.15) is 0 Å². The first kappa shape index (κ1) is 28.1. The maximum Gasteiger partial charge on any atom is 0.164 e. The van der Waals surface area contributed by atoms with Gasteiger partial charge in [-0.2, -0.15) is 0 Å². The van der Waals surface area contributed by atoms with E-state index < -0.39 is 0 Å². The van der Waals surface area contributed by atoms with Gasteiger partial charge in [-0.3, -0.25) is 0 Å². The van der Waals surface area contributed by atoms with E-state index in [4.69, 9.17) is 20.4 Å². The number of hydrogen-bond acceptors (Lipinski definition) is 3. The number of fused-ring (bicyclic) bond motifs is 3. The Morgan fingerprint density at radius 2 is 0.782 bits per heavy atom.